The van der Waals surface area contributed by atoms with Gasteiger partial charge in [-0.05, 0) is 38.3 Å². The molecule has 3 fully saturated rings. The summed E-state index contributed by atoms with van der Waals surface area (Å²) in [5.41, 5.74) is 2.27. The summed E-state index contributed by atoms with van der Waals surface area (Å²) in [6, 6.07) is 4.50. The third-order valence-electron chi connectivity index (χ3n) is 7.11. The maximum absolute atomic E-state index is 11.9. The number of carbonyl (C=O) groups is 1. The molecular formula is C23H29ClN6O2. The van der Waals surface area contributed by atoms with E-state index in [1.54, 1.807) is 18.6 Å². The number of pyridine rings is 1. The SMILES string of the molecule is CCOC(=O)N1CC2(CC[C@@H](N3CCN(c4ncc(Cl)cc4-c4ccnnc4)CC3)C2)C1. The molecule has 0 unspecified atom stereocenters. The molecule has 0 bridgehead atoms. The third kappa shape index (κ3) is 4.13. The van der Waals surface area contributed by atoms with E-state index in [2.05, 4.69) is 25.0 Å². The number of ether oxygens (including phenoxy) is 1. The number of anilines is 1. The van der Waals surface area contributed by atoms with Crippen LogP contribution in [-0.2, 0) is 4.74 Å². The van der Waals surface area contributed by atoms with Crippen LogP contribution in [0, 0.1) is 5.41 Å². The molecule has 0 N–H and O–H groups in total. The van der Waals surface area contributed by atoms with E-state index < -0.39 is 0 Å². The lowest BCUT2D eigenvalue weighted by atomic mass is 9.78. The minimum absolute atomic E-state index is 0.161. The Balaban J connectivity index is 1.20. The van der Waals surface area contributed by atoms with Crippen molar-refractivity contribution in [2.75, 3.05) is 50.8 Å². The summed E-state index contributed by atoms with van der Waals surface area (Å²) in [5, 5.41) is 8.52. The highest BCUT2D eigenvalue weighted by molar-refractivity contribution is 6.30. The third-order valence-corrected chi connectivity index (χ3v) is 7.32. The molecule has 3 aliphatic rings. The van der Waals surface area contributed by atoms with Gasteiger partial charge in [0.1, 0.15) is 5.82 Å². The predicted molar refractivity (Wildman–Crippen MR) is 123 cm³/mol. The fraction of sp³-hybridized carbons (Fsp3) is 0.565. The van der Waals surface area contributed by atoms with E-state index in [1.807, 2.05) is 24.0 Å². The Morgan fingerprint density at radius 1 is 1.22 bits per heavy atom. The normalized spacial score (nSPS) is 22.8. The first-order valence-electron chi connectivity index (χ1n) is 11.4. The van der Waals surface area contributed by atoms with Crippen LogP contribution in [0.2, 0.25) is 5.02 Å². The molecule has 1 spiro atoms. The molecule has 0 aromatic carbocycles. The fourth-order valence-corrected chi connectivity index (χ4v) is 5.69. The Hall–Kier alpha value is -2.45. The van der Waals surface area contributed by atoms with Gasteiger partial charge < -0.3 is 14.5 Å². The Morgan fingerprint density at radius 3 is 2.75 bits per heavy atom. The lowest BCUT2D eigenvalue weighted by molar-refractivity contribution is -0.00294. The largest absolute Gasteiger partial charge is 0.450 e. The van der Waals surface area contributed by atoms with Gasteiger partial charge >= 0.3 is 6.09 Å². The van der Waals surface area contributed by atoms with Crippen molar-refractivity contribution in [3.8, 4) is 11.1 Å². The van der Waals surface area contributed by atoms with Crippen LogP contribution in [0.25, 0.3) is 11.1 Å². The molecule has 8 nitrogen and oxygen atoms in total. The van der Waals surface area contributed by atoms with E-state index >= 15 is 0 Å². The van der Waals surface area contributed by atoms with Crippen LogP contribution in [0.1, 0.15) is 26.2 Å². The minimum Gasteiger partial charge on any atom is -0.450 e. The Labute approximate surface area is 193 Å². The Morgan fingerprint density at radius 2 is 2.03 bits per heavy atom. The summed E-state index contributed by atoms with van der Waals surface area (Å²) < 4.78 is 5.14. The maximum atomic E-state index is 11.9. The Bertz CT molecular complexity index is 960. The first-order valence-corrected chi connectivity index (χ1v) is 11.8. The van der Waals surface area contributed by atoms with Crippen molar-refractivity contribution < 1.29 is 9.53 Å². The Kier molecular flexibility index (Phi) is 5.90. The van der Waals surface area contributed by atoms with Gasteiger partial charge in [0.25, 0.3) is 0 Å². The highest BCUT2D eigenvalue weighted by Gasteiger charge is 2.51. The minimum atomic E-state index is -0.161. The molecule has 170 valence electrons. The van der Waals surface area contributed by atoms with E-state index in [-0.39, 0.29) is 6.09 Å². The number of piperazine rings is 1. The maximum Gasteiger partial charge on any atom is 0.409 e. The van der Waals surface area contributed by atoms with Crippen molar-refractivity contribution in [2.24, 2.45) is 5.41 Å². The number of halogens is 1. The number of likely N-dealkylation sites (tertiary alicyclic amines) is 1. The zero-order chi connectivity index (χ0) is 22.1. The molecular weight excluding hydrogens is 428 g/mol. The standard InChI is InChI=1S/C23H29ClN6O2/c1-2-32-22(31)30-15-23(16-30)5-3-19(12-23)28-7-9-29(10-8-28)21-20(11-18(24)14-25-21)17-4-6-26-27-13-17/h4,6,11,13-14,19H,2-3,5,7-10,12,15-16H2,1H3/t19-/m1/s1. The smallest absolute Gasteiger partial charge is 0.409 e. The second kappa shape index (κ2) is 8.83. The fourth-order valence-electron chi connectivity index (χ4n) is 5.53. The van der Waals surface area contributed by atoms with Crippen LogP contribution in [0.5, 0.6) is 0 Å². The number of rotatable bonds is 4. The molecule has 1 aliphatic carbocycles. The number of hydrogen-bond acceptors (Lipinski definition) is 7. The summed E-state index contributed by atoms with van der Waals surface area (Å²) in [6.45, 7) is 7.88. The quantitative estimate of drug-likeness (QED) is 0.698. The number of carbonyl (C=O) groups excluding carboxylic acids is 1. The predicted octanol–water partition coefficient (Wildman–Crippen LogP) is 3.33. The van der Waals surface area contributed by atoms with Crippen LogP contribution in [0.4, 0.5) is 10.6 Å². The topological polar surface area (TPSA) is 74.7 Å². The van der Waals surface area contributed by atoms with Gasteiger partial charge in [-0.25, -0.2) is 9.78 Å². The highest BCUT2D eigenvalue weighted by atomic mass is 35.5. The average Bonchev–Trinajstić information content (AvgIpc) is 3.25. The monoisotopic (exact) mass is 456 g/mol. The van der Waals surface area contributed by atoms with Gasteiger partial charge in [-0.3, -0.25) is 4.90 Å². The molecule has 4 heterocycles. The van der Waals surface area contributed by atoms with Crippen LogP contribution >= 0.6 is 11.6 Å². The lowest BCUT2D eigenvalue weighted by Crippen LogP contribution is -2.58. The second-order valence-electron chi connectivity index (χ2n) is 9.13. The van der Waals surface area contributed by atoms with E-state index in [0.29, 0.717) is 23.1 Å². The summed E-state index contributed by atoms with van der Waals surface area (Å²) in [4.78, 5) is 23.4. The molecule has 1 amide bonds. The molecule has 2 aromatic rings. The van der Waals surface area contributed by atoms with Crippen molar-refractivity contribution in [3.05, 3.63) is 35.7 Å². The van der Waals surface area contributed by atoms with Gasteiger partial charge in [-0.15, -0.1) is 0 Å². The van der Waals surface area contributed by atoms with Crippen LogP contribution < -0.4 is 4.90 Å². The average molecular weight is 457 g/mol. The van der Waals surface area contributed by atoms with Crippen molar-refractivity contribution in [1.82, 2.24) is 25.0 Å². The number of amides is 1. The molecule has 2 aliphatic heterocycles. The molecule has 2 saturated heterocycles. The summed E-state index contributed by atoms with van der Waals surface area (Å²) in [5.74, 6) is 0.953. The van der Waals surface area contributed by atoms with Gasteiger partial charge in [0.15, 0.2) is 0 Å². The van der Waals surface area contributed by atoms with Crippen molar-refractivity contribution in [3.63, 3.8) is 0 Å². The first-order chi connectivity index (χ1) is 15.6. The van der Waals surface area contributed by atoms with Crippen molar-refractivity contribution in [2.45, 2.75) is 32.2 Å². The zero-order valence-electron chi connectivity index (χ0n) is 18.4. The zero-order valence-corrected chi connectivity index (χ0v) is 19.2. The number of nitrogens with zero attached hydrogens (tertiary/aromatic N) is 6. The molecule has 1 atom stereocenters. The van der Waals surface area contributed by atoms with E-state index in [4.69, 9.17) is 16.3 Å². The van der Waals surface area contributed by atoms with Crippen LogP contribution in [-0.4, -0.2) is 83.0 Å². The van der Waals surface area contributed by atoms with E-state index in [9.17, 15) is 4.79 Å². The summed E-state index contributed by atoms with van der Waals surface area (Å²) in [6.07, 6.45) is 8.59. The van der Waals surface area contributed by atoms with Crippen molar-refractivity contribution in [1.29, 1.82) is 0 Å². The molecule has 32 heavy (non-hydrogen) atoms. The summed E-state index contributed by atoms with van der Waals surface area (Å²) in [7, 11) is 0. The lowest BCUT2D eigenvalue weighted by Gasteiger charge is -2.48. The van der Waals surface area contributed by atoms with Gasteiger partial charge in [-0.2, -0.15) is 10.2 Å². The molecule has 1 saturated carbocycles. The molecule has 5 rings (SSSR count). The van der Waals surface area contributed by atoms with Crippen molar-refractivity contribution >= 4 is 23.5 Å². The molecule has 2 aromatic heterocycles. The van der Waals surface area contributed by atoms with E-state index in [1.165, 1.54) is 19.3 Å². The molecule has 0 radical (unpaired) electrons. The number of hydrogen-bond donors (Lipinski definition) is 0. The number of aromatic nitrogens is 3. The molecule has 9 heteroatoms. The van der Waals surface area contributed by atoms with Crippen LogP contribution in [0.3, 0.4) is 0 Å². The highest BCUT2D eigenvalue weighted by Crippen LogP contribution is 2.47. The van der Waals surface area contributed by atoms with E-state index in [0.717, 1.165) is 56.2 Å². The summed E-state index contributed by atoms with van der Waals surface area (Å²) >= 11 is 6.25. The van der Waals surface area contributed by atoms with Gasteiger partial charge in [0, 0.05) is 68.0 Å². The van der Waals surface area contributed by atoms with Gasteiger partial charge in [0.05, 0.1) is 24.0 Å². The first kappa shape index (κ1) is 21.4. The van der Waals surface area contributed by atoms with Gasteiger partial charge in [0.2, 0.25) is 0 Å². The van der Waals surface area contributed by atoms with Crippen LogP contribution in [0.15, 0.2) is 30.7 Å². The van der Waals surface area contributed by atoms with Gasteiger partial charge in [-0.1, -0.05) is 11.6 Å². The second-order valence-corrected chi connectivity index (χ2v) is 9.57.